The Balaban J connectivity index is 1.65. The van der Waals surface area contributed by atoms with Gasteiger partial charge in [-0.05, 0) is 53.8 Å². The van der Waals surface area contributed by atoms with Crippen molar-refractivity contribution in [3.63, 3.8) is 0 Å². The van der Waals surface area contributed by atoms with Gasteiger partial charge in [0.2, 0.25) is 0 Å². The number of halogens is 2. The molecule has 5 nitrogen and oxygen atoms in total. The van der Waals surface area contributed by atoms with Crippen molar-refractivity contribution < 1.29 is 18.7 Å². The summed E-state index contributed by atoms with van der Waals surface area (Å²) in [6.45, 7) is 0.177. The number of benzene rings is 2. The Morgan fingerprint density at radius 2 is 1.87 bits per heavy atom. The van der Waals surface area contributed by atoms with Gasteiger partial charge in [0, 0.05) is 16.4 Å². The van der Waals surface area contributed by atoms with Gasteiger partial charge in [-0.3, -0.25) is 14.5 Å². The molecule has 1 aliphatic rings. The van der Waals surface area contributed by atoms with Gasteiger partial charge in [-0.1, -0.05) is 29.8 Å². The van der Waals surface area contributed by atoms with E-state index in [1.807, 2.05) is 11.4 Å². The second-order valence-electron chi connectivity index (χ2n) is 6.84. The number of nitrogens with one attached hydrogen (secondary N) is 1. The highest BCUT2D eigenvalue weighted by Crippen LogP contribution is 2.36. The maximum Gasteiger partial charge on any atom is 0.278 e. The molecule has 1 aromatic heterocycles. The molecule has 0 saturated heterocycles. The minimum Gasteiger partial charge on any atom is -0.495 e. The van der Waals surface area contributed by atoms with Gasteiger partial charge >= 0.3 is 0 Å². The third-order valence-corrected chi connectivity index (χ3v) is 6.02. The molecule has 1 N–H and O–H groups in total. The van der Waals surface area contributed by atoms with E-state index in [1.54, 1.807) is 36.4 Å². The first kappa shape index (κ1) is 21.1. The Hall–Kier alpha value is -3.16. The maximum absolute atomic E-state index is 13.2. The highest BCUT2D eigenvalue weighted by atomic mass is 35.5. The largest absolute Gasteiger partial charge is 0.495 e. The molecule has 3 aromatic rings. The molecule has 0 aliphatic carbocycles. The monoisotopic (exact) mass is 456 g/mol. The summed E-state index contributed by atoms with van der Waals surface area (Å²) in [4.78, 5) is 28.3. The SMILES string of the molecule is COc1ccc(Cl)cc1NC1=C(c2cccs2)C(=O)N(CCc2ccc(F)cc2)C1=O. The first-order chi connectivity index (χ1) is 15.0. The molecule has 0 spiro atoms. The van der Waals surface area contributed by atoms with Gasteiger partial charge in [-0.15, -0.1) is 11.3 Å². The van der Waals surface area contributed by atoms with Crippen molar-refractivity contribution >= 4 is 46.0 Å². The molecule has 8 heteroatoms. The third kappa shape index (κ3) is 4.33. The molecule has 158 valence electrons. The molecule has 0 atom stereocenters. The van der Waals surface area contributed by atoms with Crippen LogP contribution in [-0.2, 0) is 16.0 Å². The summed E-state index contributed by atoms with van der Waals surface area (Å²) in [6.07, 6.45) is 0.420. The van der Waals surface area contributed by atoms with Crippen LogP contribution in [0, 0.1) is 5.82 Å². The lowest BCUT2D eigenvalue weighted by Gasteiger charge is -2.16. The lowest BCUT2D eigenvalue weighted by atomic mass is 10.1. The van der Waals surface area contributed by atoms with E-state index < -0.39 is 5.91 Å². The van der Waals surface area contributed by atoms with Gasteiger partial charge < -0.3 is 10.1 Å². The second kappa shape index (κ2) is 8.91. The number of hydrogen-bond acceptors (Lipinski definition) is 5. The van der Waals surface area contributed by atoms with Gasteiger partial charge in [0.1, 0.15) is 17.3 Å². The molecule has 0 unspecified atom stereocenters. The van der Waals surface area contributed by atoms with E-state index in [4.69, 9.17) is 16.3 Å². The van der Waals surface area contributed by atoms with Crippen molar-refractivity contribution in [2.75, 3.05) is 19.0 Å². The van der Waals surface area contributed by atoms with Crippen LogP contribution in [0.3, 0.4) is 0 Å². The predicted molar refractivity (Wildman–Crippen MR) is 120 cm³/mol. The molecule has 2 heterocycles. The minimum atomic E-state index is -0.433. The van der Waals surface area contributed by atoms with Crippen molar-refractivity contribution in [3.8, 4) is 5.75 Å². The highest BCUT2D eigenvalue weighted by Gasteiger charge is 2.39. The van der Waals surface area contributed by atoms with Gasteiger partial charge in [-0.2, -0.15) is 0 Å². The summed E-state index contributed by atoms with van der Waals surface area (Å²) in [5.74, 6) is -0.649. The minimum absolute atomic E-state index is 0.173. The van der Waals surface area contributed by atoms with Crippen LogP contribution in [0.2, 0.25) is 5.02 Å². The van der Waals surface area contributed by atoms with Crippen molar-refractivity contribution in [1.29, 1.82) is 0 Å². The number of carbonyl (C=O) groups is 2. The number of rotatable bonds is 7. The van der Waals surface area contributed by atoms with Crippen molar-refractivity contribution in [2.45, 2.75) is 6.42 Å². The number of thiophene rings is 1. The quantitative estimate of drug-likeness (QED) is 0.509. The molecule has 0 radical (unpaired) electrons. The molecule has 31 heavy (non-hydrogen) atoms. The van der Waals surface area contributed by atoms with Crippen LogP contribution in [0.15, 0.2) is 65.7 Å². The van der Waals surface area contributed by atoms with Gasteiger partial charge in [0.25, 0.3) is 11.8 Å². The zero-order valence-electron chi connectivity index (χ0n) is 16.5. The molecule has 2 amide bonds. The van der Waals surface area contributed by atoms with E-state index in [9.17, 15) is 14.0 Å². The Labute approximate surface area is 187 Å². The number of nitrogens with zero attached hydrogens (tertiary/aromatic N) is 1. The van der Waals surface area contributed by atoms with Crippen LogP contribution in [0.25, 0.3) is 5.57 Å². The number of imide groups is 1. The Kier molecular flexibility index (Phi) is 6.06. The van der Waals surface area contributed by atoms with E-state index in [0.717, 1.165) is 5.56 Å². The average Bonchev–Trinajstić information content (AvgIpc) is 3.36. The topological polar surface area (TPSA) is 58.6 Å². The summed E-state index contributed by atoms with van der Waals surface area (Å²) >= 11 is 7.49. The average molecular weight is 457 g/mol. The lowest BCUT2D eigenvalue weighted by Crippen LogP contribution is -2.34. The number of carbonyl (C=O) groups excluding carboxylic acids is 2. The van der Waals surface area contributed by atoms with E-state index in [0.29, 0.717) is 33.3 Å². The number of anilines is 1. The van der Waals surface area contributed by atoms with Gasteiger partial charge in [0.15, 0.2) is 0 Å². The van der Waals surface area contributed by atoms with Crippen LogP contribution < -0.4 is 10.1 Å². The van der Waals surface area contributed by atoms with E-state index in [1.165, 1.54) is 35.5 Å². The van der Waals surface area contributed by atoms with E-state index >= 15 is 0 Å². The first-order valence-corrected chi connectivity index (χ1v) is 10.7. The molecule has 0 saturated carbocycles. The number of hydrogen-bond donors (Lipinski definition) is 1. The second-order valence-corrected chi connectivity index (χ2v) is 8.22. The molecule has 1 aliphatic heterocycles. The van der Waals surface area contributed by atoms with Gasteiger partial charge in [0.05, 0.1) is 18.4 Å². The number of methoxy groups -OCH3 is 1. The summed E-state index contributed by atoms with van der Waals surface area (Å²) in [6, 6.07) is 14.6. The molecule has 0 fully saturated rings. The van der Waals surface area contributed by atoms with Crippen LogP contribution >= 0.6 is 22.9 Å². The summed E-state index contributed by atoms with van der Waals surface area (Å²) in [7, 11) is 1.51. The number of amides is 2. The number of ether oxygens (including phenoxy) is 1. The van der Waals surface area contributed by atoms with Crippen molar-refractivity contribution in [2.24, 2.45) is 0 Å². The Morgan fingerprint density at radius 3 is 2.55 bits per heavy atom. The normalized spacial score (nSPS) is 13.8. The fourth-order valence-corrected chi connectivity index (χ4v) is 4.29. The van der Waals surface area contributed by atoms with Crippen molar-refractivity contribution in [3.05, 3.63) is 87.0 Å². The first-order valence-electron chi connectivity index (χ1n) is 9.47. The standard InChI is InChI=1S/C23H18ClFN2O3S/c1-30-18-9-6-15(24)13-17(18)26-21-20(19-3-2-12-31-19)22(28)27(23(21)29)11-10-14-4-7-16(25)8-5-14/h2-9,12-13,26H,10-11H2,1H3. The molecular weight excluding hydrogens is 439 g/mol. The van der Waals surface area contributed by atoms with Crippen LogP contribution in [-0.4, -0.2) is 30.4 Å². The van der Waals surface area contributed by atoms with E-state index in [2.05, 4.69) is 5.32 Å². The predicted octanol–water partition coefficient (Wildman–Crippen LogP) is 4.98. The summed E-state index contributed by atoms with van der Waals surface area (Å²) in [5.41, 5.74) is 1.80. The maximum atomic E-state index is 13.2. The molecule has 4 rings (SSSR count). The van der Waals surface area contributed by atoms with Crippen LogP contribution in [0.5, 0.6) is 5.75 Å². The van der Waals surface area contributed by atoms with Crippen LogP contribution in [0.4, 0.5) is 10.1 Å². The van der Waals surface area contributed by atoms with E-state index in [-0.39, 0.29) is 24.0 Å². The highest BCUT2D eigenvalue weighted by molar-refractivity contribution is 7.11. The zero-order valence-corrected chi connectivity index (χ0v) is 18.1. The van der Waals surface area contributed by atoms with Crippen molar-refractivity contribution in [1.82, 2.24) is 4.90 Å². The van der Waals surface area contributed by atoms with Crippen LogP contribution in [0.1, 0.15) is 10.4 Å². The smallest absolute Gasteiger partial charge is 0.278 e. The fraction of sp³-hybridized carbons (Fsp3) is 0.130. The molecule has 0 bridgehead atoms. The molecule has 2 aromatic carbocycles. The zero-order chi connectivity index (χ0) is 22.0. The Morgan fingerprint density at radius 1 is 1.10 bits per heavy atom. The lowest BCUT2D eigenvalue weighted by molar-refractivity contribution is -0.136. The van der Waals surface area contributed by atoms with Gasteiger partial charge in [-0.25, -0.2) is 4.39 Å². The summed E-state index contributed by atoms with van der Waals surface area (Å²) in [5, 5.41) is 5.38. The fourth-order valence-electron chi connectivity index (χ4n) is 3.35. The molecular formula is C23H18ClFN2O3S. The Bertz CT molecular complexity index is 1160. The third-order valence-electron chi connectivity index (χ3n) is 4.89. The summed E-state index contributed by atoms with van der Waals surface area (Å²) < 4.78 is 18.5.